The molecule has 12 heavy (non-hydrogen) atoms. The second-order valence-corrected chi connectivity index (χ2v) is 3.16. The first-order chi connectivity index (χ1) is 5.70. The Morgan fingerprint density at radius 1 is 1.58 bits per heavy atom. The molecule has 1 heterocycles. The number of amides is 1. The number of hydrogen-bond donors (Lipinski definition) is 1. The highest BCUT2D eigenvalue weighted by Gasteiger charge is 2.35. The van der Waals surface area contributed by atoms with Crippen LogP contribution in [0.4, 0.5) is 0 Å². The summed E-state index contributed by atoms with van der Waals surface area (Å²) in [6, 6.07) is 0.219. The van der Waals surface area contributed by atoms with Crippen molar-refractivity contribution in [3.63, 3.8) is 0 Å². The summed E-state index contributed by atoms with van der Waals surface area (Å²) in [4.78, 5) is 11.3. The summed E-state index contributed by atoms with van der Waals surface area (Å²) in [5.74, 6) is 0.349. The van der Waals surface area contributed by atoms with Gasteiger partial charge in [0.25, 0.3) is 0 Å². The molecule has 1 amide bonds. The standard InChI is InChI=1S/C10H15NO/c1-4-6-9-8(5-2)7(3)11-10(9)12/h4-9H,2H2,1,3H3,(H,11,12)/b6-4-. The third kappa shape index (κ3) is 1.42. The molecule has 1 aliphatic rings. The van der Waals surface area contributed by atoms with Gasteiger partial charge in [-0.2, -0.15) is 0 Å². The van der Waals surface area contributed by atoms with E-state index in [1.165, 1.54) is 0 Å². The van der Waals surface area contributed by atoms with Gasteiger partial charge in [-0.15, -0.1) is 6.58 Å². The number of hydrogen-bond acceptors (Lipinski definition) is 1. The van der Waals surface area contributed by atoms with Crippen molar-refractivity contribution < 1.29 is 4.79 Å². The molecule has 0 spiro atoms. The van der Waals surface area contributed by atoms with Crippen LogP contribution in [-0.2, 0) is 4.79 Å². The van der Waals surface area contributed by atoms with Crippen LogP contribution in [0, 0.1) is 11.8 Å². The summed E-state index contributed by atoms with van der Waals surface area (Å²) in [5, 5.41) is 2.89. The Hall–Kier alpha value is -1.05. The van der Waals surface area contributed by atoms with Crippen LogP contribution in [0.15, 0.2) is 24.8 Å². The van der Waals surface area contributed by atoms with E-state index in [4.69, 9.17) is 0 Å². The minimum atomic E-state index is -0.0116. The Balaban J connectivity index is 2.81. The highest BCUT2D eigenvalue weighted by molar-refractivity contribution is 5.83. The summed E-state index contributed by atoms with van der Waals surface area (Å²) in [7, 11) is 0. The minimum Gasteiger partial charge on any atom is -0.352 e. The topological polar surface area (TPSA) is 29.1 Å². The fraction of sp³-hybridized carbons (Fsp3) is 0.500. The van der Waals surface area contributed by atoms with Gasteiger partial charge in [0, 0.05) is 12.0 Å². The van der Waals surface area contributed by atoms with Gasteiger partial charge in [-0.05, 0) is 13.8 Å². The summed E-state index contributed by atoms with van der Waals surface area (Å²) in [6.45, 7) is 7.67. The summed E-state index contributed by atoms with van der Waals surface area (Å²) < 4.78 is 0. The molecule has 66 valence electrons. The van der Waals surface area contributed by atoms with Crippen LogP contribution in [0.1, 0.15) is 13.8 Å². The zero-order valence-corrected chi connectivity index (χ0v) is 7.58. The molecule has 0 saturated carbocycles. The van der Waals surface area contributed by atoms with E-state index in [2.05, 4.69) is 11.9 Å². The first kappa shape index (κ1) is 9.04. The summed E-state index contributed by atoms with van der Waals surface area (Å²) in [6.07, 6.45) is 5.71. The predicted molar refractivity (Wildman–Crippen MR) is 49.6 cm³/mol. The van der Waals surface area contributed by atoms with Crippen molar-refractivity contribution in [2.75, 3.05) is 0 Å². The SMILES string of the molecule is C=CC1C(C)NC(=O)C1/C=C\C. The molecule has 1 N–H and O–H groups in total. The lowest BCUT2D eigenvalue weighted by Gasteiger charge is -2.11. The van der Waals surface area contributed by atoms with Gasteiger partial charge in [0.05, 0.1) is 5.92 Å². The molecule has 1 saturated heterocycles. The van der Waals surface area contributed by atoms with E-state index in [1.807, 2.05) is 32.1 Å². The van der Waals surface area contributed by atoms with Crippen LogP contribution < -0.4 is 5.32 Å². The van der Waals surface area contributed by atoms with Gasteiger partial charge in [0.15, 0.2) is 0 Å². The van der Waals surface area contributed by atoms with E-state index >= 15 is 0 Å². The third-order valence-electron chi connectivity index (χ3n) is 2.34. The number of carbonyl (C=O) groups is 1. The van der Waals surface area contributed by atoms with E-state index in [0.717, 1.165) is 0 Å². The van der Waals surface area contributed by atoms with Crippen molar-refractivity contribution in [1.29, 1.82) is 0 Å². The summed E-state index contributed by atoms with van der Waals surface area (Å²) in [5.41, 5.74) is 0. The molecule has 2 heteroatoms. The van der Waals surface area contributed by atoms with Gasteiger partial charge in [0.1, 0.15) is 0 Å². The smallest absolute Gasteiger partial charge is 0.227 e. The van der Waals surface area contributed by atoms with Crippen molar-refractivity contribution in [2.24, 2.45) is 11.8 Å². The normalized spacial score (nSPS) is 35.5. The number of nitrogens with one attached hydrogen (secondary N) is 1. The highest BCUT2D eigenvalue weighted by atomic mass is 16.2. The second-order valence-electron chi connectivity index (χ2n) is 3.16. The largest absolute Gasteiger partial charge is 0.352 e. The maximum absolute atomic E-state index is 11.3. The minimum absolute atomic E-state index is 0.0116. The molecule has 1 aliphatic heterocycles. The first-order valence-corrected chi connectivity index (χ1v) is 4.26. The van der Waals surface area contributed by atoms with Crippen molar-refractivity contribution in [3.05, 3.63) is 24.8 Å². The van der Waals surface area contributed by atoms with E-state index in [-0.39, 0.29) is 23.8 Å². The zero-order valence-electron chi connectivity index (χ0n) is 7.58. The average Bonchev–Trinajstić information content (AvgIpc) is 2.28. The highest BCUT2D eigenvalue weighted by Crippen LogP contribution is 2.25. The Morgan fingerprint density at radius 2 is 2.25 bits per heavy atom. The fourth-order valence-electron chi connectivity index (χ4n) is 1.68. The Morgan fingerprint density at radius 3 is 2.75 bits per heavy atom. The average molecular weight is 165 g/mol. The van der Waals surface area contributed by atoms with Crippen LogP contribution in [0.5, 0.6) is 0 Å². The van der Waals surface area contributed by atoms with Gasteiger partial charge in [0.2, 0.25) is 5.91 Å². The lowest BCUT2D eigenvalue weighted by molar-refractivity contribution is -0.121. The Bertz CT molecular complexity index is 220. The van der Waals surface area contributed by atoms with E-state index in [9.17, 15) is 4.79 Å². The quantitative estimate of drug-likeness (QED) is 0.617. The molecule has 3 atom stereocenters. The Kier molecular flexibility index (Phi) is 2.69. The summed E-state index contributed by atoms with van der Waals surface area (Å²) >= 11 is 0. The molecular formula is C10H15NO. The second kappa shape index (κ2) is 3.57. The van der Waals surface area contributed by atoms with Gasteiger partial charge in [-0.3, -0.25) is 4.79 Å². The first-order valence-electron chi connectivity index (χ1n) is 4.26. The molecule has 0 aliphatic carbocycles. The molecule has 0 aromatic heterocycles. The van der Waals surface area contributed by atoms with E-state index < -0.39 is 0 Å². The molecular weight excluding hydrogens is 150 g/mol. The lowest BCUT2D eigenvalue weighted by Crippen LogP contribution is -2.24. The number of carbonyl (C=O) groups excluding carboxylic acids is 1. The monoisotopic (exact) mass is 165 g/mol. The third-order valence-corrected chi connectivity index (χ3v) is 2.34. The maximum Gasteiger partial charge on any atom is 0.227 e. The molecule has 0 bridgehead atoms. The number of allylic oxidation sites excluding steroid dienone is 1. The van der Waals surface area contributed by atoms with Crippen LogP contribution in [0.2, 0.25) is 0 Å². The fourth-order valence-corrected chi connectivity index (χ4v) is 1.68. The molecule has 2 nitrogen and oxygen atoms in total. The molecule has 3 unspecified atom stereocenters. The molecule has 0 aromatic carbocycles. The number of rotatable bonds is 2. The van der Waals surface area contributed by atoms with Crippen molar-refractivity contribution in [1.82, 2.24) is 5.32 Å². The van der Waals surface area contributed by atoms with Crippen LogP contribution in [0.3, 0.4) is 0 Å². The van der Waals surface area contributed by atoms with Crippen molar-refractivity contribution in [2.45, 2.75) is 19.9 Å². The van der Waals surface area contributed by atoms with Gasteiger partial charge >= 0.3 is 0 Å². The lowest BCUT2D eigenvalue weighted by atomic mass is 9.91. The predicted octanol–water partition coefficient (Wildman–Crippen LogP) is 1.50. The van der Waals surface area contributed by atoms with E-state index in [0.29, 0.717) is 0 Å². The molecule has 0 radical (unpaired) electrons. The van der Waals surface area contributed by atoms with Crippen molar-refractivity contribution >= 4 is 5.91 Å². The van der Waals surface area contributed by atoms with Crippen molar-refractivity contribution in [3.8, 4) is 0 Å². The van der Waals surface area contributed by atoms with Crippen LogP contribution >= 0.6 is 0 Å². The maximum atomic E-state index is 11.3. The Labute approximate surface area is 73.4 Å². The van der Waals surface area contributed by atoms with Gasteiger partial charge in [-0.25, -0.2) is 0 Å². The van der Waals surface area contributed by atoms with Gasteiger partial charge < -0.3 is 5.32 Å². The van der Waals surface area contributed by atoms with Crippen LogP contribution in [-0.4, -0.2) is 11.9 Å². The van der Waals surface area contributed by atoms with E-state index in [1.54, 1.807) is 0 Å². The molecule has 0 aromatic rings. The molecule has 1 fully saturated rings. The van der Waals surface area contributed by atoms with Crippen LogP contribution in [0.25, 0.3) is 0 Å². The van der Waals surface area contributed by atoms with Gasteiger partial charge in [-0.1, -0.05) is 18.2 Å². The zero-order chi connectivity index (χ0) is 9.14. The molecule has 1 rings (SSSR count).